The Kier molecular flexibility index (Phi) is 3.08. The van der Waals surface area contributed by atoms with E-state index in [2.05, 4.69) is 0 Å². The first-order valence-corrected chi connectivity index (χ1v) is 6.09. The molecule has 15 heavy (non-hydrogen) atoms. The van der Waals surface area contributed by atoms with Gasteiger partial charge < -0.3 is 15.8 Å². The van der Waals surface area contributed by atoms with E-state index in [4.69, 9.17) is 15.8 Å². The molecular formula is C8H12BNO4S. The zero-order valence-electron chi connectivity index (χ0n) is 8.43. The number of anilines is 1. The van der Waals surface area contributed by atoms with Gasteiger partial charge in [-0.05, 0) is 24.0 Å². The number of sulfone groups is 1. The van der Waals surface area contributed by atoms with Crippen molar-refractivity contribution in [2.45, 2.75) is 11.8 Å². The van der Waals surface area contributed by atoms with Crippen LogP contribution in [-0.4, -0.2) is 31.8 Å². The average molecular weight is 229 g/mol. The van der Waals surface area contributed by atoms with Crippen LogP contribution in [0.1, 0.15) is 5.56 Å². The topological polar surface area (TPSA) is 101 Å². The number of rotatable bonds is 2. The van der Waals surface area contributed by atoms with E-state index in [-0.39, 0.29) is 21.6 Å². The third-order valence-electron chi connectivity index (χ3n) is 2.13. The van der Waals surface area contributed by atoms with Crippen LogP contribution < -0.4 is 11.2 Å². The molecule has 0 amide bonds. The molecule has 0 saturated heterocycles. The molecule has 0 unspecified atom stereocenters. The van der Waals surface area contributed by atoms with Gasteiger partial charge in [0.05, 0.1) is 10.6 Å². The SMILES string of the molecule is Cc1c(B(O)O)ccc(N)c1S(C)(=O)=O. The Hall–Kier alpha value is -1.05. The Morgan fingerprint density at radius 2 is 1.87 bits per heavy atom. The van der Waals surface area contributed by atoms with E-state index >= 15 is 0 Å². The first-order valence-electron chi connectivity index (χ1n) is 4.20. The minimum atomic E-state index is -3.47. The summed E-state index contributed by atoms with van der Waals surface area (Å²) in [6, 6.07) is 2.74. The summed E-state index contributed by atoms with van der Waals surface area (Å²) >= 11 is 0. The highest BCUT2D eigenvalue weighted by Gasteiger charge is 2.22. The molecule has 0 aliphatic heterocycles. The molecule has 5 nitrogen and oxygen atoms in total. The van der Waals surface area contributed by atoms with Crippen molar-refractivity contribution in [3.8, 4) is 0 Å². The van der Waals surface area contributed by atoms with Gasteiger partial charge in [-0.25, -0.2) is 8.42 Å². The Morgan fingerprint density at radius 3 is 2.27 bits per heavy atom. The molecule has 0 spiro atoms. The monoisotopic (exact) mass is 229 g/mol. The normalized spacial score (nSPS) is 11.5. The third-order valence-corrected chi connectivity index (χ3v) is 3.41. The van der Waals surface area contributed by atoms with Gasteiger partial charge in [-0.3, -0.25) is 0 Å². The molecule has 0 aliphatic carbocycles. The standard InChI is InChI=1S/C8H12BNO4S/c1-5-6(9(11)12)3-4-7(10)8(5)15(2,13)14/h3-4,11-12H,10H2,1-2H3. The van der Waals surface area contributed by atoms with Crippen LogP contribution in [-0.2, 0) is 9.84 Å². The second-order valence-electron chi connectivity index (χ2n) is 3.34. The molecule has 1 aromatic carbocycles. The van der Waals surface area contributed by atoms with Crippen LogP contribution in [0.5, 0.6) is 0 Å². The van der Waals surface area contributed by atoms with Gasteiger partial charge in [0.2, 0.25) is 0 Å². The quantitative estimate of drug-likeness (QED) is 0.430. The predicted molar refractivity (Wildman–Crippen MR) is 58.5 cm³/mol. The predicted octanol–water partition coefficient (Wildman–Crippen LogP) is -1.34. The molecule has 0 saturated carbocycles. The molecule has 0 atom stereocenters. The second-order valence-corrected chi connectivity index (χ2v) is 5.30. The Morgan fingerprint density at radius 1 is 1.33 bits per heavy atom. The van der Waals surface area contributed by atoms with E-state index in [9.17, 15) is 8.42 Å². The second kappa shape index (κ2) is 3.84. The number of nitrogens with two attached hydrogens (primary N) is 1. The Bertz CT molecular complexity index is 484. The van der Waals surface area contributed by atoms with Gasteiger partial charge in [-0.2, -0.15) is 0 Å². The van der Waals surface area contributed by atoms with Crippen molar-refractivity contribution in [3.63, 3.8) is 0 Å². The van der Waals surface area contributed by atoms with Crippen molar-refractivity contribution in [3.05, 3.63) is 17.7 Å². The Labute approximate surface area is 88.6 Å². The highest BCUT2D eigenvalue weighted by atomic mass is 32.2. The minimum Gasteiger partial charge on any atom is -0.423 e. The molecule has 4 N–H and O–H groups in total. The van der Waals surface area contributed by atoms with E-state index in [0.717, 1.165) is 6.26 Å². The molecular weight excluding hydrogens is 217 g/mol. The van der Waals surface area contributed by atoms with Gasteiger partial charge >= 0.3 is 7.12 Å². The molecule has 0 heterocycles. The zero-order valence-corrected chi connectivity index (χ0v) is 9.25. The van der Waals surface area contributed by atoms with Crippen LogP contribution in [0.15, 0.2) is 17.0 Å². The lowest BCUT2D eigenvalue weighted by Gasteiger charge is -2.11. The molecule has 0 aliphatic rings. The van der Waals surface area contributed by atoms with Crippen LogP contribution in [0.25, 0.3) is 0 Å². The summed E-state index contributed by atoms with van der Waals surface area (Å²) in [5.74, 6) is 0. The maximum absolute atomic E-state index is 11.4. The number of hydrogen-bond donors (Lipinski definition) is 3. The first-order chi connectivity index (χ1) is 6.75. The summed E-state index contributed by atoms with van der Waals surface area (Å²) in [6.45, 7) is 1.49. The highest BCUT2D eigenvalue weighted by molar-refractivity contribution is 7.91. The average Bonchev–Trinajstić information content (AvgIpc) is 2.00. The molecule has 1 aromatic rings. The van der Waals surface area contributed by atoms with Crippen LogP contribution in [0, 0.1) is 6.92 Å². The van der Waals surface area contributed by atoms with Crippen LogP contribution in [0.2, 0.25) is 0 Å². The summed E-state index contributed by atoms with van der Waals surface area (Å²) in [5.41, 5.74) is 6.06. The van der Waals surface area contributed by atoms with Gasteiger partial charge in [0.25, 0.3) is 0 Å². The number of nitrogen functional groups attached to an aromatic ring is 1. The molecule has 7 heteroatoms. The largest absolute Gasteiger partial charge is 0.488 e. The third kappa shape index (κ3) is 2.31. The fourth-order valence-electron chi connectivity index (χ4n) is 1.50. The fraction of sp³-hybridized carbons (Fsp3) is 0.250. The maximum Gasteiger partial charge on any atom is 0.488 e. The molecule has 0 bridgehead atoms. The molecule has 1 rings (SSSR count). The first kappa shape index (κ1) is 12.0. The van der Waals surface area contributed by atoms with E-state index in [0.29, 0.717) is 0 Å². The lowest BCUT2D eigenvalue weighted by molar-refractivity contribution is 0.425. The van der Waals surface area contributed by atoms with Crippen LogP contribution >= 0.6 is 0 Å². The van der Waals surface area contributed by atoms with Gasteiger partial charge in [0.1, 0.15) is 0 Å². The minimum absolute atomic E-state index is 0.0481. The summed E-state index contributed by atoms with van der Waals surface area (Å²) in [6.07, 6.45) is 1.03. The van der Waals surface area contributed by atoms with Crippen LogP contribution in [0.3, 0.4) is 0 Å². The summed E-state index contributed by atoms with van der Waals surface area (Å²) in [4.78, 5) is -0.0481. The van der Waals surface area contributed by atoms with Crippen molar-refractivity contribution in [2.75, 3.05) is 12.0 Å². The summed E-state index contributed by atoms with van der Waals surface area (Å²) in [5, 5.41) is 18.0. The molecule has 0 fully saturated rings. The van der Waals surface area contributed by atoms with E-state index in [1.165, 1.54) is 19.1 Å². The zero-order chi connectivity index (χ0) is 11.8. The summed E-state index contributed by atoms with van der Waals surface area (Å²) < 4.78 is 22.8. The lowest BCUT2D eigenvalue weighted by Crippen LogP contribution is -2.33. The van der Waals surface area contributed by atoms with Gasteiger partial charge in [-0.15, -0.1) is 0 Å². The number of hydrogen-bond acceptors (Lipinski definition) is 5. The van der Waals surface area contributed by atoms with Gasteiger partial charge in [0, 0.05) is 6.26 Å². The van der Waals surface area contributed by atoms with Crippen molar-refractivity contribution in [1.29, 1.82) is 0 Å². The molecule has 0 radical (unpaired) electrons. The van der Waals surface area contributed by atoms with Gasteiger partial charge in [0.15, 0.2) is 9.84 Å². The maximum atomic E-state index is 11.4. The van der Waals surface area contributed by atoms with Gasteiger partial charge in [-0.1, -0.05) is 6.07 Å². The van der Waals surface area contributed by atoms with E-state index in [1.54, 1.807) is 0 Å². The van der Waals surface area contributed by atoms with Crippen LogP contribution in [0.4, 0.5) is 5.69 Å². The van der Waals surface area contributed by atoms with Crippen molar-refractivity contribution < 1.29 is 18.5 Å². The van der Waals surface area contributed by atoms with Crippen molar-refractivity contribution >= 4 is 28.1 Å². The Balaban J connectivity index is 3.59. The molecule has 0 aromatic heterocycles. The van der Waals surface area contributed by atoms with Crippen molar-refractivity contribution in [1.82, 2.24) is 0 Å². The van der Waals surface area contributed by atoms with Crippen molar-refractivity contribution in [2.24, 2.45) is 0 Å². The number of benzene rings is 1. The highest BCUT2D eigenvalue weighted by Crippen LogP contribution is 2.20. The summed E-state index contributed by atoms with van der Waals surface area (Å²) in [7, 11) is -5.17. The molecule has 82 valence electrons. The lowest BCUT2D eigenvalue weighted by atomic mass is 9.77. The van der Waals surface area contributed by atoms with E-state index in [1.807, 2.05) is 0 Å². The smallest absolute Gasteiger partial charge is 0.423 e. The van der Waals surface area contributed by atoms with E-state index < -0.39 is 17.0 Å². The fourth-order valence-corrected chi connectivity index (χ4v) is 2.67.